The van der Waals surface area contributed by atoms with E-state index < -0.39 is 4.92 Å². The Morgan fingerprint density at radius 1 is 1.43 bits per heavy atom. The molecule has 0 bridgehead atoms. The lowest BCUT2D eigenvalue weighted by molar-refractivity contribution is -0.384. The maximum absolute atomic E-state index is 10.6. The Hall–Kier alpha value is -2.90. The van der Waals surface area contributed by atoms with E-state index in [4.69, 9.17) is 10.5 Å². The van der Waals surface area contributed by atoms with Crippen molar-refractivity contribution in [2.45, 2.75) is 6.92 Å². The minimum absolute atomic E-state index is 0.169. The Labute approximate surface area is 121 Å². The van der Waals surface area contributed by atoms with Gasteiger partial charge in [-0.25, -0.2) is 4.98 Å². The second kappa shape index (κ2) is 6.51. The number of nitrogens with two attached hydrogens (primary N) is 1. The van der Waals surface area contributed by atoms with Gasteiger partial charge in [-0.2, -0.15) is 4.98 Å². The van der Waals surface area contributed by atoms with Gasteiger partial charge in [-0.05, 0) is 18.6 Å². The summed E-state index contributed by atoms with van der Waals surface area (Å²) in [6, 6.07) is 7.68. The third kappa shape index (κ3) is 3.78. The number of nitrogens with zero attached hydrogens (tertiary/aromatic N) is 3. The maximum atomic E-state index is 10.6. The zero-order valence-electron chi connectivity index (χ0n) is 11.4. The molecule has 0 aliphatic heterocycles. The van der Waals surface area contributed by atoms with Gasteiger partial charge in [0.1, 0.15) is 18.6 Å². The first kappa shape index (κ1) is 14.5. The third-order valence-corrected chi connectivity index (χ3v) is 2.73. The third-order valence-electron chi connectivity index (χ3n) is 2.73. The molecule has 0 fully saturated rings. The monoisotopic (exact) mass is 289 g/mol. The van der Waals surface area contributed by atoms with Crippen LogP contribution in [0.3, 0.4) is 0 Å². The van der Waals surface area contributed by atoms with Crippen molar-refractivity contribution in [3.8, 4) is 5.75 Å². The molecule has 0 aliphatic rings. The number of aryl methyl sites for hydroxylation is 1. The average molecular weight is 289 g/mol. The van der Waals surface area contributed by atoms with Gasteiger partial charge in [-0.1, -0.05) is 18.2 Å². The lowest BCUT2D eigenvalue weighted by Gasteiger charge is -2.09. The smallest absolute Gasteiger partial charge is 0.329 e. The van der Waals surface area contributed by atoms with Crippen LogP contribution in [0.25, 0.3) is 0 Å². The van der Waals surface area contributed by atoms with Crippen molar-refractivity contribution in [3.05, 3.63) is 46.1 Å². The fourth-order valence-electron chi connectivity index (χ4n) is 1.66. The standard InChI is InChI=1S/C13H15N5O3/c1-9-4-2-3-5-11(9)21-7-6-15-13-16-8-10(18(19)20)12(14)17-13/h2-5,8H,6-7H2,1H3,(H3,14,15,16,17). The van der Waals surface area contributed by atoms with E-state index in [1.54, 1.807) is 0 Å². The minimum Gasteiger partial charge on any atom is -0.491 e. The van der Waals surface area contributed by atoms with Crippen molar-refractivity contribution in [2.24, 2.45) is 0 Å². The fraction of sp³-hybridized carbons (Fsp3) is 0.231. The van der Waals surface area contributed by atoms with Crippen LogP contribution >= 0.6 is 0 Å². The minimum atomic E-state index is -0.625. The van der Waals surface area contributed by atoms with E-state index in [9.17, 15) is 10.1 Å². The molecule has 8 nitrogen and oxygen atoms in total. The summed E-state index contributed by atoms with van der Waals surface area (Å²) in [4.78, 5) is 17.6. The number of anilines is 2. The predicted molar refractivity (Wildman–Crippen MR) is 78.3 cm³/mol. The average Bonchev–Trinajstić information content (AvgIpc) is 2.45. The van der Waals surface area contributed by atoms with Gasteiger partial charge >= 0.3 is 5.69 Å². The maximum Gasteiger partial charge on any atom is 0.329 e. The van der Waals surface area contributed by atoms with Crippen LogP contribution in [0.1, 0.15) is 5.56 Å². The summed E-state index contributed by atoms with van der Waals surface area (Å²) in [5.74, 6) is 0.868. The molecule has 0 saturated heterocycles. The van der Waals surface area contributed by atoms with Crippen LogP contribution < -0.4 is 15.8 Å². The molecule has 0 radical (unpaired) electrons. The van der Waals surface area contributed by atoms with Crippen LogP contribution in [0, 0.1) is 17.0 Å². The molecule has 0 atom stereocenters. The van der Waals surface area contributed by atoms with Gasteiger partial charge in [0.05, 0.1) is 11.5 Å². The van der Waals surface area contributed by atoms with Gasteiger partial charge in [0.2, 0.25) is 11.8 Å². The van der Waals surface area contributed by atoms with Crippen molar-refractivity contribution in [2.75, 3.05) is 24.2 Å². The first-order valence-corrected chi connectivity index (χ1v) is 6.27. The number of hydrogen-bond donors (Lipinski definition) is 2. The summed E-state index contributed by atoms with van der Waals surface area (Å²) in [7, 11) is 0. The number of benzene rings is 1. The van der Waals surface area contributed by atoms with Gasteiger partial charge in [0.25, 0.3) is 0 Å². The lowest BCUT2D eigenvalue weighted by Crippen LogP contribution is -2.14. The molecule has 0 saturated carbocycles. The highest BCUT2D eigenvalue weighted by molar-refractivity contribution is 5.53. The Morgan fingerprint density at radius 2 is 2.19 bits per heavy atom. The Morgan fingerprint density at radius 3 is 2.86 bits per heavy atom. The molecule has 8 heteroatoms. The van der Waals surface area contributed by atoms with Crippen molar-refractivity contribution in [3.63, 3.8) is 0 Å². The SMILES string of the molecule is Cc1ccccc1OCCNc1ncc([N+](=O)[O-])c(N)n1. The van der Waals surface area contributed by atoms with Crippen molar-refractivity contribution in [1.82, 2.24) is 9.97 Å². The van der Waals surface area contributed by atoms with Crippen LogP contribution in [0.2, 0.25) is 0 Å². The molecule has 0 unspecified atom stereocenters. The van der Waals surface area contributed by atoms with E-state index in [0.717, 1.165) is 17.5 Å². The number of rotatable bonds is 6. The zero-order chi connectivity index (χ0) is 15.2. The second-order valence-corrected chi connectivity index (χ2v) is 4.26. The number of aromatic nitrogens is 2. The van der Waals surface area contributed by atoms with E-state index >= 15 is 0 Å². The number of hydrogen-bond acceptors (Lipinski definition) is 7. The van der Waals surface area contributed by atoms with Crippen molar-refractivity contribution < 1.29 is 9.66 Å². The van der Waals surface area contributed by atoms with E-state index in [2.05, 4.69) is 15.3 Å². The molecule has 21 heavy (non-hydrogen) atoms. The van der Waals surface area contributed by atoms with Crippen LogP contribution in [0.4, 0.5) is 17.5 Å². The highest BCUT2D eigenvalue weighted by atomic mass is 16.6. The number of para-hydroxylation sites is 1. The summed E-state index contributed by atoms with van der Waals surface area (Å²) in [5.41, 5.74) is 6.21. The number of ether oxygens (including phenoxy) is 1. The van der Waals surface area contributed by atoms with Crippen molar-refractivity contribution in [1.29, 1.82) is 0 Å². The van der Waals surface area contributed by atoms with Crippen LogP contribution in [-0.2, 0) is 0 Å². The molecular formula is C13H15N5O3. The van der Waals surface area contributed by atoms with E-state index in [1.807, 2.05) is 31.2 Å². The number of nitro groups is 1. The highest BCUT2D eigenvalue weighted by Crippen LogP contribution is 2.18. The summed E-state index contributed by atoms with van der Waals surface area (Å²) in [6.45, 7) is 2.82. The Bertz CT molecular complexity index is 647. The molecule has 0 amide bonds. The van der Waals surface area contributed by atoms with Crippen LogP contribution in [0.15, 0.2) is 30.5 Å². The molecule has 1 heterocycles. The Balaban J connectivity index is 1.85. The molecule has 0 aliphatic carbocycles. The van der Waals surface area contributed by atoms with Gasteiger partial charge in [0, 0.05) is 0 Å². The highest BCUT2D eigenvalue weighted by Gasteiger charge is 2.13. The van der Waals surface area contributed by atoms with E-state index in [0.29, 0.717) is 13.2 Å². The summed E-state index contributed by atoms with van der Waals surface area (Å²) >= 11 is 0. The molecular weight excluding hydrogens is 274 g/mol. The fourth-order valence-corrected chi connectivity index (χ4v) is 1.66. The molecule has 2 rings (SSSR count). The normalized spacial score (nSPS) is 10.1. The topological polar surface area (TPSA) is 116 Å². The summed E-state index contributed by atoms with van der Waals surface area (Å²) in [6.07, 6.45) is 1.08. The molecule has 1 aromatic heterocycles. The van der Waals surface area contributed by atoms with Crippen molar-refractivity contribution >= 4 is 17.5 Å². The first-order chi connectivity index (χ1) is 10.1. The largest absolute Gasteiger partial charge is 0.491 e. The molecule has 2 aromatic rings. The molecule has 110 valence electrons. The number of nitrogen functional groups attached to an aromatic ring is 1. The summed E-state index contributed by atoms with van der Waals surface area (Å²) in [5, 5.41) is 13.5. The Kier molecular flexibility index (Phi) is 4.50. The molecule has 1 aromatic carbocycles. The first-order valence-electron chi connectivity index (χ1n) is 6.27. The number of nitrogens with one attached hydrogen (secondary N) is 1. The van der Waals surface area contributed by atoms with Crippen LogP contribution in [-0.4, -0.2) is 28.0 Å². The predicted octanol–water partition coefficient (Wildman–Crippen LogP) is 1.77. The molecule has 0 spiro atoms. The van der Waals surface area contributed by atoms with Gasteiger partial charge in [-0.3, -0.25) is 10.1 Å². The zero-order valence-corrected chi connectivity index (χ0v) is 11.4. The van der Waals surface area contributed by atoms with Gasteiger partial charge < -0.3 is 15.8 Å². The van der Waals surface area contributed by atoms with Gasteiger partial charge in [0.15, 0.2) is 0 Å². The van der Waals surface area contributed by atoms with E-state index in [-0.39, 0.29) is 17.5 Å². The lowest BCUT2D eigenvalue weighted by atomic mass is 10.2. The second-order valence-electron chi connectivity index (χ2n) is 4.26. The van der Waals surface area contributed by atoms with Crippen LogP contribution in [0.5, 0.6) is 5.75 Å². The molecule has 3 N–H and O–H groups in total. The quantitative estimate of drug-likeness (QED) is 0.473. The van der Waals surface area contributed by atoms with E-state index in [1.165, 1.54) is 0 Å². The summed E-state index contributed by atoms with van der Waals surface area (Å²) < 4.78 is 5.59. The van der Waals surface area contributed by atoms with Gasteiger partial charge in [-0.15, -0.1) is 0 Å².